The first-order valence-electron chi connectivity index (χ1n) is 6.55. The van der Waals surface area contributed by atoms with Crippen molar-refractivity contribution in [2.45, 2.75) is 6.04 Å². The van der Waals surface area contributed by atoms with Crippen LogP contribution in [-0.4, -0.2) is 24.2 Å². The molecular weight excluding hydrogens is 266 g/mol. The molecule has 0 radical (unpaired) electrons. The Morgan fingerprint density at radius 3 is 2.38 bits per heavy atom. The summed E-state index contributed by atoms with van der Waals surface area (Å²) >= 11 is 0. The van der Waals surface area contributed by atoms with E-state index in [9.17, 15) is 9.90 Å². The first-order valence-corrected chi connectivity index (χ1v) is 6.55. The summed E-state index contributed by atoms with van der Waals surface area (Å²) in [6, 6.07) is 15.9. The molecule has 0 saturated heterocycles. The first-order chi connectivity index (χ1) is 10.2. The average molecular weight is 283 g/mol. The quantitative estimate of drug-likeness (QED) is 0.854. The highest BCUT2D eigenvalue weighted by atomic mass is 16.5. The molecule has 0 heterocycles. The molecule has 0 aromatic heterocycles. The maximum absolute atomic E-state index is 11.3. The van der Waals surface area contributed by atoms with Crippen molar-refractivity contribution in [3.05, 3.63) is 66.2 Å². The zero-order chi connectivity index (χ0) is 15.1. The predicted molar refractivity (Wildman–Crippen MR) is 83.5 cm³/mol. The number of hydrogen-bond acceptors (Lipinski definition) is 3. The van der Waals surface area contributed by atoms with Crippen LogP contribution in [0.3, 0.4) is 0 Å². The Labute approximate surface area is 123 Å². The number of carboxylic acids is 1. The summed E-state index contributed by atoms with van der Waals surface area (Å²) in [6.45, 7) is 0. The first kappa shape index (κ1) is 14.7. The molecule has 4 nitrogen and oxygen atoms in total. The number of aliphatic carboxylic acids is 1. The van der Waals surface area contributed by atoms with Gasteiger partial charge in [0.15, 0.2) is 0 Å². The molecule has 0 aliphatic rings. The van der Waals surface area contributed by atoms with Crippen molar-refractivity contribution in [2.75, 3.05) is 12.4 Å². The molecule has 0 fully saturated rings. The minimum atomic E-state index is -0.932. The van der Waals surface area contributed by atoms with E-state index >= 15 is 0 Å². The Morgan fingerprint density at radius 2 is 1.81 bits per heavy atom. The molecule has 0 aliphatic carbocycles. The van der Waals surface area contributed by atoms with Gasteiger partial charge in [-0.05, 0) is 29.8 Å². The van der Waals surface area contributed by atoms with Gasteiger partial charge in [0.1, 0.15) is 11.8 Å². The summed E-state index contributed by atoms with van der Waals surface area (Å²) in [5.74, 6) is -0.203. The van der Waals surface area contributed by atoms with Crippen molar-refractivity contribution in [2.24, 2.45) is 0 Å². The van der Waals surface area contributed by atoms with Crippen LogP contribution in [0.25, 0.3) is 6.08 Å². The van der Waals surface area contributed by atoms with Crippen LogP contribution < -0.4 is 10.1 Å². The molecule has 2 aromatic rings. The smallest absolute Gasteiger partial charge is 0.330 e. The molecule has 0 aliphatic heterocycles. The Kier molecular flexibility index (Phi) is 4.99. The number of nitrogens with one attached hydrogen (secondary N) is 1. The third kappa shape index (κ3) is 4.38. The summed E-state index contributed by atoms with van der Waals surface area (Å²) in [4.78, 5) is 11.3. The van der Waals surface area contributed by atoms with Crippen LogP contribution in [0.1, 0.15) is 5.56 Å². The van der Waals surface area contributed by atoms with E-state index in [2.05, 4.69) is 5.32 Å². The van der Waals surface area contributed by atoms with Gasteiger partial charge in [0.2, 0.25) is 0 Å². The largest absolute Gasteiger partial charge is 0.497 e. The topological polar surface area (TPSA) is 58.6 Å². The number of ether oxygens (including phenoxy) is 1. The molecule has 108 valence electrons. The monoisotopic (exact) mass is 283 g/mol. The van der Waals surface area contributed by atoms with Gasteiger partial charge >= 0.3 is 5.97 Å². The standard InChI is InChI=1S/C17H17NO3/c1-21-15-10-8-14(9-11-15)18-16(17(19)20)12-7-13-5-3-2-4-6-13/h2-12,16,18H,1H3,(H,19,20)/b12-7+. The van der Waals surface area contributed by atoms with Gasteiger partial charge in [-0.25, -0.2) is 4.79 Å². The summed E-state index contributed by atoms with van der Waals surface area (Å²) in [6.07, 6.45) is 3.41. The molecule has 0 amide bonds. The van der Waals surface area contributed by atoms with Crippen LogP contribution in [0.15, 0.2) is 60.7 Å². The number of anilines is 1. The van der Waals surface area contributed by atoms with Crippen LogP contribution in [0.5, 0.6) is 5.75 Å². The molecule has 0 bridgehead atoms. The van der Waals surface area contributed by atoms with Gasteiger partial charge in [-0.15, -0.1) is 0 Å². The van der Waals surface area contributed by atoms with Gasteiger partial charge in [-0.1, -0.05) is 42.5 Å². The molecule has 0 spiro atoms. The molecule has 1 unspecified atom stereocenters. The summed E-state index contributed by atoms with van der Waals surface area (Å²) in [5, 5.41) is 12.2. The summed E-state index contributed by atoms with van der Waals surface area (Å²) < 4.78 is 5.07. The zero-order valence-electron chi connectivity index (χ0n) is 11.7. The number of hydrogen-bond donors (Lipinski definition) is 2. The summed E-state index contributed by atoms with van der Waals surface area (Å²) in [7, 11) is 1.59. The van der Waals surface area contributed by atoms with Gasteiger partial charge in [0.25, 0.3) is 0 Å². The van der Waals surface area contributed by atoms with Crippen LogP contribution in [0, 0.1) is 0 Å². The minimum absolute atomic E-state index is 0.723. The molecule has 2 rings (SSSR count). The van der Waals surface area contributed by atoms with Crippen LogP contribution in [0.2, 0.25) is 0 Å². The highest BCUT2D eigenvalue weighted by Crippen LogP contribution is 2.16. The second kappa shape index (κ2) is 7.14. The van der Waals surface area contributed by atoms with Crippen molar-refractivity contribution < 1.29 is 14.6 Å². The molecule has 21 heavy (non-hydrogen) atoms. The number of rotatable bonds is 6. The van der Waals surface area contributed by atoms with E-state index in [1.165, 1.54) is 0 Å². The Hall–Kier alpha value is -2.75. The Balaban J connectivity index is 2.08. The molecule has 4 heteroatoms. The second-order valence-electron chi connectivity index (χ2n) is 4.46. The van der Waals surface area contributed by atoms with E-state index in [4.69, 9.17) is 4.74 Å². The number of methoxy groups -OCH3 is 1. The highest BCUT2D eigenvalue weighted by Gasteiger charge is 2.13. The summed E-state index contributed by atoms with van der Waals surface area (Å²) in [5.41, 5.74) is 1.68. The van der Waals surface area contributed by atoms with E-state index < -0.39 is 12.0 Å². The minimum Gasteiger partial charge on any atom is -0.497 e. The molecule has 0 saturated carbocycles. The normalized spacial score (nSPS) is 12.0. The van der Waals surface area contributed by atoms with Crippen molar-refractivity contribution in [3.8, 4) is 5.75 Å². The lowest BCUT2D eigenvalue weighted by Gasteiger charge is -2.12. The predicted octanol–water partition coefficient (Wildman–Crippen LogP) is 3.27. The van der Waals surface area contributed by atoms with Crippen molar-refractivity contribution in [1.82, 2.24) is 0 Å². The van der Waals surface area contributed by atoms with Crippen molar-refractivity contribution in [3.63, 3.8) is 0 Å². The molecular formula is C17H17NO3. The fourth-order valence-corrected chi connectivity index (χ4v) is 1.83. The van der Waals surface area contributed by atoms with Gasteiger partial charge in [-0.3, -0.25) is 0 Å². The maximum atomic E-state index is 11.3. The van der Waals surface area contributed by atoms with Crippen LogP contribution in [0.4, 0.5) is 5.69 Å². The third-order valence-corrected chi connectivity index (χ3v) is 2.96. The molecule has 2 aromatic carbocycles. The van der Waals surface area contributed by atoms with Crippen LogP contribution in [-0.2, 0) is 4.79 Å². The van der Waals surface area contributed by atoms with Gasteiger partial charge in [-0.2, -0.15) is 0 Å². The average Bonchev–Trinajstić information content (AvgIpc) is 2.52. The lowest BCUT2D eigenvalue weighted by Crippen LogP contribution is -2.26. The SMILES string of the molecule is COc1ccc(NC(/C=C/c2ccccc2)C(=O)O)cc1. The van der Waals surface area contributed by atoms with Crippen molar-refractivity contribution >= 4 is 17.7 Å². The lowest BCUT2D eigenvalue weighted by molar-refractivity contribution is -0.136. The Bertz CT molecular complexity index is 606. The van der Waals surface area contributed by atoms with E-state index in [1.807, 2.05) is 30.3 Å². The third-order valence-electron chi connectivity index (χ3n) is 2.96. The molecule has 2 N–H and O–H groups in total. The van der Waals surface area contributed by atoms with Crippen LogP contribution >= 0.6 is 0 Å². The fourth-order valence-electron chi connectivity index (χ4n) is 1.83. The highest BCUT2D eigenvalue weighted by molar-refractivity contribution is 5.81. The maximum Gasteiger partial charge on any atom is 0.330 e. The molecule has 1 atom stereocenters. The van der Waals surface area contributed by atoms with E-state index in [0.29, 0.717) is 0 Å². The lowest BCUT2D eigenvalue weighted by atomic mass is 10.1. The Morgan fingerprint density at radius 1 is 1.14 bits per heavy atom. The fraction of sp³-hybridized carbons (Fsp3) is 0.118. The zero-order valence-corrected chi connectivity index (χ0v) is 11.7. The number of benzene rings is 2. The van der Waals surface area contributed by atoms with Gasteiger partial charge < -0.3 is 15.2 Å². The van der Waals surface area contributed by atoms with E-state index in [-0.39, 0.29) is 0 Å². The number of carboxylic acid groups (broad SMARTS) is 1. The van der Waals surface area contributed by atoms with Gasteiger partial charge in [0.05, 0.1) is 7.11 Å². The number of carbonyl (C=O) groups is 1. The van der Waals surface area contributed by atoms with E-state index in [1.54, 1.807) is 43.5 Å². The second-order valence-corrected chi connectivity index (χ2v) is 4.46. The van der Waals surface area contributed by atoms with E-state index in [0.717, 1.165) is 17.0 Å². The van der Waals surface area contributed by atoms with Crippen molar-refractivity contribution in [1.29, 1.82) is 0 Å². The van der Waals surface area contributed by atoms with Gasteiger partial charge in [0, 0.05) is 5.69 Å².